The zero-order chi connectivity index (χ0) is 32.7. The van der Waals surface area contributed by atoms with Crippen molar-refractivity contribution in [3.8, 4) is 23.4 Å². The summed E-state index contributed by atoms with van der Waals surface area (Å²) in [6.07, 6.45) is -0.176. The van der Waals surface area contributed by atoms with Gasteiger partial charge in [0.25, 0.3) is 0 Å². The van der Waals surface area contributed by atoms with E-state index >= 15 is 0 Å². The van der Waals surface area contributed by atoms with Crippen LogP contribution in [0.25, 0.3) is 11.6 Å². The van der Waals surface area contributed by atoms with Gasteiger partial charge in [-0.15, -0.1) is 0 Å². The van der Waals surface area contributed by atoms with Crippen LogP contribution in [-0.4, -0.2) is 73.1 Å². The molecule has 0 saturated carbocycles. The molecule has 4 rings (SSSR count). The standard InChI is InChI=1S/C12H11ClF3N3O3S.C12H14ClN3O3S/c1-6-9(23(3,20)21)5-17-19(6)10-8(13)4-7(12(14,15)16)11(18-10)22-2;1-7-5-9(13)12(19-3)15-11(7)16-8(2)10(6-14-16)20(4,17)18/h4-5H,1-3H3;5-6H,1-4H3. The third-order valence-electron chi connectivity index (χ3n) is 5.85. The maximum atomic E-state index is 12.9. The van der Waals surface area contributed by atoms with Crippen LogP contribution in [0.1, 0.15) is 22.5 Å². The number of sulfone groups is 2. The number of halogens is 5. The van der Waals surface area contributed by atoms with Crippen molar-refractivity contribution in [1.29, 1.82) is 0 Å². The van der Waals surface area contributed by atoms with E-state index in [1.807, 2.05) is 6.92 Å². The Hall–Kier alpha value is -3.41. The molecule has 4 aromatic heterocycles. The zero-order valence-corrected chi connectivity index (χ0v) is 26.8. The lowest BCUT2D eigenvalue weighted by molar-refractivity contribution is -0.139. The Morgan fingerprint density at radius 2 is 1.19 bits per heavy atom. The highest BCUT2D eigenvalue weighted by Gasteiger charge is 2.36. The molecule has 4 aromatic rings. The molecular weight excluding hydrogens is 660 g/mol. The van der Waals surface area contributed by atoms with Crippen LogP contribution in [0.3, 0.4) is 0 Å². The third-order valence-corrected chi connectivity index (χ3v) is 8.80. The van der Waals surface area contributed by atoms with Crippen LogP contribution in [0, 0.1) is 20.8 Å². The van der Waals surface area contributed by atoms with Gasteiger partial charge in [-0.1, -0.05) is 23.2 Å². The predicted octanol–water partition coefficient (Wildman–Crippen LogP) is 4.61. The van der Waals surface area contributed by atoms with E-state index in [9.17, 15) is 30.0 Å². The minimum absolute atomic E-state index is 0.0748. The SMILES string of the molecule is COc1nc(-n2ncc(S(C)(=O)=O)c2C)c(C)cc1Cl.COc1nc(-n2ncc(S(C)(=O)=O)c2C)c(Cl)cc1C(F)(F)F. The number of aromatic nitrogens is 6. The normalized spacial score (nSPS) is 12.1. The molecule has 12 nitrogen and oxygen atoms in total. The molecule has 0 radical (unpaired) electrons. The maximum Gasteiger partial charge on any atom is 0.421 e. The molecule has 19 heteroatoms. The van der Waals surface area contributed by atoms with E-state index in [4.69, 9.17) is 27.9 Å². The van der Waals surface area contributed by atoms with Gasteiger partial charge in [-0.05, 0) is 38.5 Å². The molecule has 0 bridgehead atoms. The average Bonchev–Trinajstić information content (AvgIpc) is 3.46. The Bertz CT molecular complexity index is 1910. The van der Waals surface area contributed by atoms with Gasteiger partial charge in [-0.2, -0.15) is 33.3 Å². The molecule has 234 valence electrons. The predicted molar refractivity (Wildman–Crippen MR) is 151 cm³/mol. The number of pyridine rings is 2. The highest BCUT2D eigenvalue weighted by atomic mass is 35.5. The van der Waals surface area contributed by atoms with Gasteiger partial charge in [0.05, 0.1) is 43.0 Å². The number of ether oxygens (including phenoxy) is 2. The fraction of sp³-hybridized carbons (Fsp3) is 0.333. The number of nitrogens with zero attached hydrogens (tertiary/aromatic N) is 6. The molecule has 4 heterocycles. The first kappa shape index (κ1) is 34.1. The molecule has 0 aliphatic carbocycles. The molecule has 0 aliphatic rings. The van der Waals surface area contributed by atoms with E-state index in [1.54, 1.807) is 13.0 Å². The Morgan fingerprint density at radius 1 is 0.744 bits per heavy atom. The van der Waals surface area contributed by atoms with Gasteiger partial charge in [-0.3, -0.25) is 0 Å². The van der Waals surface area contributed by atoms with Crippen LogP contribution in [0.15, 0.2) is 34.3 Å². The van der Waals surface area contributed by atoms with Crippen molar-refractivity contribution < 1.29 is 39.5 Å². The monoisotopic (exact) mass is 684 g/mol. The second-order valence-electron chi connectivity index (χ2n) is 9.02. The second-order valence-corrected chi connectivity index (χ2v) is 13.8. The quantitative estimate of drug-likeness (QED) is 0.282. The van der Waals surface area contributed by atoms with Crippen LogP contribution in [0.5, 0.6) is 11.8 Å². The van der Waals surface area contributed by atoms with Crippen LogP contribution in [0.4, 0.5) is 13.2 Å². The lowest BCUT2D eigenvalue weighted by Gasteiger charge is -2.14. The summed E-state index contributed by atoms with van der Waals surface area (Å²) in [5.74, 6) is -0.0988. The highest BCUT2D eigenvalue weighted by molar-refractivity contribution is 7.91. The van der Waals surface area contributed by atoms with Crippen molar-refractivity contribution in [3.63, 3.8) is 0 Å². The highest BCUT2D eigenvalue weighted by Crippen LogP contribution is 2.38. The summed E-state index contributed by atoms with van der Waals surface area (Å²) in [4.78, 5) is 8.08. The molecule has 0 fully saturated rings. The van der Waals surface area contributed by atoms with Crippen molar-refractivity contribution in [2.24, 2.45) is 0 Å². The number of hydrogen-bond acceptors (Lipinski definition) is 10. The van der Waals surface area contributed by atoms with Crippen molar-refractivity contribution >= 4 is 42.9 Å². The van der Waals surface area contributed by atoms with E-state index in [0.29, 0.717) is 22.6 Å². The summed E-state index contributed by atoms with van der Waals surface area (Å²) < 4.78 is 97.5. The van der Waals surface area contributed by atoms with Crippen LogP contribution in [0.2, 0.25) is 10.0 Å². The number of aryl methyl sites for hydroxylation is 1. The Morgan fingerprint density at radius 3 is 1.58 bits per heavy atom. The van der Waals surface area contributed by atoms with Gasteiger partial charge in [0.15, 0.2) is 31.3 Å². The van der Waals surface area contributed by atoms with Gasteiger partial charge >= 0.3 is 6.18 Å². The molecule has 43 heavy (non-hydrogen) atoms. The van der Waals surface area contributed by atoms with Gasteiger partial charge < -0.3 is 9.47 Å². The van der Waals surface area contributed by atoms with Crippen molar-refractivity contribution in [1.82, 2.24) is 29.5 Å². The van der Waals surface area contributed by atoms with Crippen molar-refractivity contribution in [2.45, 2.75) is 36.7 Å². The lowest BCUT2D eigenvalue weighted by atomic mass is 10.2. The minimum Gasteiger partial charge on any atom is -0.481 e. The fourth-order valence-electron chi connectivity index (χ4n) is 3.83. The molecule has 0 unspecified atom stereocenters. The fourth-order valence-corrected chi connectivity index (χ4v) is 6.06. The second kappa shape index (κ2) is 12.3. The molecule has 0 amide bonds. The summed E-state index contributed by atoms with van der Waals surface area (Å²) in [6, 6.07) is 2.36. The summed E-state index contributed by atoms with van der Waals surface area (Å²) in [5, 5.41) is 7.98. The van der Waals surface area contributed by atoms with Crippen LogP contribution >= 0.6 is 23.2 Å². The maximum absolute atomic E-state index is 12.9. The number of hydrogen-bond donors (Lipinski definition) is 0. The Labute approximate surface area is 255 Å². The van der Waals surface area contributed by atoms with E-state index in [2.05, 4.69) is 24.9 Å². The van der Waals surface area contributed by atoms with Crippen LogP contribution < -0.4 is 9.47 Å². The topological polar surface area (TPSA) is 148 Å². The first-order valence-electron chi connectivity index (χ1n) is 11.7. The largest absolute Gasteiger partial charge is 0.481 e. The molecule has 0 aliphatic heterocycles. The van der Waals surface area contributed by atoms with Gasteiger partial charge in [0.2, 0.25) is 11.8 Å². The summed E-state index contributed by atoms with van der Waals surface area (Å²) in [5.41, 5.74) is 0.292. The first-order valence-corrected chi connectivity index (χ1v) is 16.3. The molecule has 0 atom stereocenters. The van der Waals surface area contributed by atoms with E-state index in [0.717, 1.165) is 36.1 Å². The molecule has 0 spiro atoms. The van der Waals surface area contributed by atoms with Crippen LogP contribution in [-0.2, 0) is 25.9 Å². The van der Waals surface area contributed by atoms with Gasteiger partial charge in [0, 0.05) is 12.5 Å². The Balaban J connectivity index is 0.000000238. The molecule has 0 aromatic carbocycles. The Kier molecular flexibility index (Phi) is 9.75. The molecule has 0 saturated heterocycles. The lowest BCUT2D eigenvalue weighted by Crippen LogP contribution is -2.12. The zero-order valence-electron chi connectivity index (χ0n) is 23.6. The minimum atomic E-state index is -4.70. The summed E-state index contributed by atoms with van der Waals surface area (Å²) >= 11 is 11.9. The van der Waals surface area contributed by atoms with E-state index in [-0.39, 0.29) is 32.2 Å². The first-order chi connectivity index (χ1) is 19.7. The number of methoxy groups -OCH3 is 2. The number of rotatable bonds is 6. The van der Waals surface area contributed by atoms with Gasteiger partial charge in [-0.25, -0.2) is 26.2 Å². The van der Waals surface area contributed by atoms with E-state index in [1.165, 1.54) is 24.9 Å². The van der Waals surface area contributed by atoms with E-state index < -0.39 is 37.3 Å². The smallest absolute Gasteiger partial charge is 0.421 e. The van der Waals surface area contributed by atoms with Crippen molar-refractivity contribution in [2.75, 3.05) is 26.7 Å². The summed E-state index contributed by atoms with van der Waals surface area (Å²) in [6.45, 7) is 4.92. The molecule has 0 N–H and O–H groups in total. The number of alkyl halides is 3. The van der Waals surface area contributed by atoms with Gasteiger partial charge in [0.1, 0.15) is 20.4 Å². The molecular formula is C24H25Cl2F3N6O6S2. The van der Waals surface area contributed by atoms with Crippen molar-refractivity contribution in [3.05, 3.63) is 57.1 Å². The average molecular weight is 686 g/mol. The third kappa shape index (κ3) is 7.22. The summed E-state index contributed by atoms with van der Waals surface area (Å²) in [7, 11) is -4.37.